The smallest absolute Gasteiger partial charge is 0.240 e. The zero-order chi connectivity index (χ0) is 27.5. The van der Waals surface area contributed by atoms with Gasteiger partial charge in [-0.1, -0.05) is 74.0 Å². The van der Waals surface area contributed by atoms with Crippen molar-refractivity contribution in [1.29, 1.82) is 0 Å². The number of thioether (sulfide) groups is 1. The molecule has 1 atom stereocenters. The van der Waals surface area contributed by atoms with Gasteiger partial charge in [0.15, 0.2) is 0 Å². The molecule has 39 heavy (non-hydrogen) atoms. The van der Waals surface area contributed by atoms with Crippen LogP contribution in [0.15, 0.2) is 78.9 Å². The molecule has 1 N–H and O–H groups in total. The minimum atomic E-state index is -0.338. The summed E-state index contributed by atoms with van der Waals surface area (Å²) < 4.78 is 15.6. The van der Waals surface area contributed by atoms with E-state index in [0.29, 0.717) is 28.8 Å². The lowest BCUT2D eigenvalue weighted by atomic mass is 9.99. The molecule has 9 heteroatoms. The van der Waals surface area contributed by atoms with Crippen LogP contribution in [-0.4, -0.2) is 40.4 Å². The molecule has 0 bridgehead atoms. The van der Waals surface area contributed by atoms with Gasteiger partial charge in [-0.25, -0.2) is 9.07 Å². The Hall–Kier alpha value is -3.62. The van der Waals surface area contributed by atoms with Crippen molar-refractivity contribution >= 4 is 41.0 Å². The molecule has 6 nitrogen and oxygen atoms in total. The molecule has 5 rings (SSSR count). The summed E-state index contributed by atoms with van der Waals surface area (Å²) in [6.07, 6.45) is 0. The summed E-state index contributed by atoms with van der Waals surface area (Å²) in [5.74, 6) is 0.0964. The fourth-order valence-corrected chi connectivity index (χ4v) is 5.92. The molecule has 0 radical (unpaired) electrons. The molecule has 2 amide bonds. The minimum absolute atomic E-state index is 0.137. The van der Waals surface area contributed by atoms with Gasteiger partial charge < -0.3 is 5.32 Å². The first-order valence-electron chi connectivity index (χ1n) is 12.7. The Balaban J connectivity index is 1.76. The van der Waals surface area contributed by atoms with E-state index in [9.17, 15) is 14.0 Å². The van der Waals surface area contributed by atoms with Crippen LogP contribution in [0, 0.1) is 11.7 Å². The Bertz CT molecular complexity index is 1490. The number of rotatable bonds is 7. The molecule has 1 aliphatic rings. The van der Waals surface area contributed by atoms with Crippen molar-refractivity contribution in [2.24, 2.45) is 5.92 Å². The van der Waals surface area contributed by atoms with Crippen molar-refractivity contribution in [3.63, 3.8) is 0 Å². The van der Waals surface area contributed by atoms with E-state index in [1.165, 1.54) is 28.8 Å². The van der Waals surface area contributed by atoms with E-state index in [2.05, 4.69) is 5.32 Å². The molecule has 0 fully saturated rings. The van der Waals surface area contributed by atoms with Gasteiger partial charge in [-0.3, -0.25) is 14.5 Å². The van der Waals surface area contributed by atoms with Crippen molar-refractivity contribution in [3.05, 3.63) is 101 Å². The van der Waals surface area contributed by atoms with Gasteiger partial charge in [0.1, 0.15) is 18.2 Å². The van der Waals surface area contributed by atoms with Gasteiger partial charge in [0, 0.05) is 22.7 Å². The second-order valence-electron chi connectivity index (χ2n) is 9.76. The number of carbonyl (C=O) groups is 2. The van der Waals surface area contributed by atoms with Crippen molar-refractivity contribution in [3.8, 4) is 16.9 Å². The quantitative estimate of drug-likeness (QED) is 0.288. The average Bonchev–Trinajstić information content (AvgIpc) is 3.26. The summed E-state index contributed by atoms with van der Waals surface area (Å²) in [6, 6.07) is 23.2. The summed E-state index contributed by atoms with van der Waals surface area (Å²) in [6.45, 7) is 4.37. The lowest BCUT2D eigenvalue weighted by Gasteiger charge is -2.23. The summed E-state index contributed by atoms with van der Waals surface area (Å²) in [4.78, 5) is 28.2. The first kappa shape index (κ1) is 27.0. The van der Waals surface area contributed by atoms with Gasteiger partial charge in [-0.2, -0.15) is 5.10 Å². The van der Waals surface area contributed by atoms with E-state index in [4.69, 9.17) is 16.7 Å². The SMILES string of the molecule is CC(C)CNC(=O)CN1C(=O)CS[C@H](c2ccc(F)cc2)c2c(-c3ccccc3)nn(-c3cccc(Cl)c3)c21. The molecule has 0 saturated heterocycles. The third kappa shape index (κ3) is 5.87. The highest BCUT2D eigenvalue weighted by atomic mass is 35.5. The molecular formula is C30H28ClFN4O2S. The molecule has 200 valence electrons. The summed E-state index contributed by atoms with van der Waals surface area (Å²) >= 11 is 7.81. The zero-order valence-corrected chi connectivity index (χ0v) is 23.2. The van der Waals surface area contributed by atoms with E-state index in [1.807, 2.05) is 56.3 Å². The number of amides is 2. The van der Waals surface area contributed by atoms with Crippen molar-refractivity contribution in [2.45, 2.75) is 19.1 Å². The highest BCUT2D eigenvalue weighted by Crippen LogP contribution is 2.48. The molecular weight excluding hydrogens is 535 g/mol. The predicted octanol–water partition coefficient (Wildman–Crippen LogP) is 6.27. The van der Waals surface area contributed by atoms with Gasteiger partial charge >= 0.3 is 0 Å². The van der Waals surface area contributed by atoms with Crippen LogP contribution in [0.25, 0.3) is 16.9 Å². The minimum Gasteiger partial charge on any atom is -0.354 e. The monoisotopic (exact) mass is 562 g/mol. The van der Waals surface area contributed by atoms with E-state index >= 15 is 0 Å². The Morgan fingerprint density at radius 3 is 2.54 bits per heavy atom. The summed E-state index contributed by atoms with van der Waals surface area (Å²) in [5, 5.41) is 8.13. The van der Waals surface area contributed by atoms with Crippen LogP contribution < -0.4 is 10.2 Å². The van der Waals surface area contributed by atoms with Crippen LogP contribution in [0.3, 0.4) is 0 Å². The number of carbonyl (C=O) groups excluding carboxylic acids is 2. The maximum atomic E-state index is 13.9. The average molecular weight is 563 g/mol. The van der Waals surface area contributed by atoms with Crippen molar-refractivity contribution in [2.75, 3.05) is 23.7 Å². The summed E-state index contributed by atoms with van der Waals surface area (Å²) in [5.41, 5.74) is 3.81. The second-order valence-corrected chi connectivity index (χ2v) is 11.3. The van der Waals surface area contributed by atoms with Gasteiger partial charge in [-0.05, 0) is 41.8 Å². The number of hydrogen-bond acceptors (Lipinski definition) is 4. The van der Waals surface area contributed by atoms with Gasteiger partial charge in [0.05, 0.1) is 22.4 Å². The topological polar surface area (TPSA) is 67.2 Å². The van der Waals surface area contributed by atoms with Gasteiger partial charge in [0.25, 0.3) is 0 Å². The van der Waals surface area contributed by atoms with E-state index in [1.54, 1.807) is 28.9 Å². The van der Waals surface area contributed by atoms with Crippen LogP contribution in [0.5, 0.6) is 0 Å². The highest BCUT2D eigenvalue weighted by Gasteiger charge is 2.37. The number of benzene rings is 3. The lowest BCUT2D eigenvalue weighted by molar-refractivity contribution is -0.123. The van der Waals surface area contributed by atoms with E-state index < -0.39 is 0 Å². The molecule has 1 aliphatic heterocycles. The largest absolute Gasteiger partial charge is 0.354 e. The van der Waals surface area contributed by atoms with Crippen LogP contribution >= 0.6 is 23.4 Å². The number of hydrogen-bond donors (Lipinski definition) is 1. The highest BCUT2D eigenvalue weighted by molar-refractivity contribution is 8.00. The molecule has 3 aromatic carbocycles. The number of halogens is 2. The van der Waals surface area contributed by atoms with Crippen molar-refractivity contribution < 1.29 is 14.0 Å². The second kappa shape index (κ2) is 11.6. The molecule has 0 unspecified atom stereocenters. The third-order valence-corrected chi connectivity index (χ3v) is 7.86. The fraction of sp³-hybridized carbons (Fsp3) is 0.233. The molecule has 0 aliphatic carbocycles. The number of fused-ring (bicyclic) bond motifs is 1. The maximum absolute atomic E-state index is 13.9. The number of aromatic nitrogens is 2. The number of nitrogens with one attached hydrogen (secondary N) is 1. The Kier molecular flexibility index (Phi) is 8.04. The Morgan fingerprint density at radius 2 is 1.85 bits per heavy atom. The van der Waals surface area contributed by atoms with Crippen LogP contribution in [0.2, 0.25) is 5.02 Å². The van der Waals surface area contributed by atoms with E-state index in [0.717, 1.165) is 16.7 Å². The van der Waals surface area contributed by atoms with Crippen LogP contribution in [0.4, 0.5) is 10.2 Å². The number of nitrogens with zero attached hydrogens (tertiary/aromatic N) is 3. The van der Waals surface area contributed by atoms with Gasteiger partial charge in [0.2, 0.25) is 11.8 Å². The zero-order valence-electron chi connectivity index (χ0n) is 21.6. The third-order valence-electron chi connectivity index (χ3n) is 6.37. The van der Waals surface area contributed by atoms with Gasteiger partial charge in [-0.15, -0.1) is 11.8 Å². The summed E-state index contributed by atoms with van der Waals surface area (Å²) in [7, 11) is 0. The normalized spacial score (nSPS) is 15.3. The predicted molar refractivity (Wildman–Crippen MR) is 155 cm³/mol. The standard InChI is InChI=1S/C30H28ClFN4O2S/c1-19(2)16-33-25(37)17-35-26(38)18-39-29(21-11-13-23(32)14-12-21)27-28(20-7-4-3-5-8-20)34-36(30(27)35)24-10-6-9-22(31)15-24/h3-15,19,29H,16-18H2,1-2H3,(H,33,37)/t29-/m1/s1. The fourth-order valence-electron chi connectivity index (χ4n) is 4.53. The van der Waals surface area contributed by atoms with Crippen LogP contribution in [0.1, 0.15) is 30.2 Å². The van der Waals surface area contributed by atoms with E-state index in [-0.39, 0.29) is 41.1 Å². The van der Waals surface area contributed by atoms with Crippen molar-refractivity contribution in [1.82, 2.24) is 15.1 Å². The molecule has 4 aromatic rings. The van der Waals surface area contributed by atoms with Crippen LogP contribution in [-0.2, 0) is 9.59 Å². The molecule has 0 saturated carbocycles. The Labute approximate surface area is 236 Å². The lowest BCUT2D eigenvalue weighted by Crippen LogP contribution is -2.43. The first-order valence-corrected chi connectivity index (χ1v) is 14.1. The molecule has 2 heterocycles. The first-order chi connectivity index (χ1) is 18.8. The maximum Gasteiger partial charge on any atom is 0.240 e. The molecule has 0 spiro atoms. The number of anilines is 1. The Morgan fingerprint density at radius 1 is 1.10 bits per heavy atom. The molecule has 1 aromatic heterocycles.